The van der Waals surface area contributed by atoms with Crippen LogP contribution in [0, 0.1) is 5.41 Å². The molecule has 1 aliphatic rings. The van der Waals surface area contributed by atoms with E-state index in [-0.39, 0.29) is 11.3 Å². The summed E-state index contributed by atoms with van der Waals surface area (Å²) in [6, 6.07) is 7.79. The van der Waals surface area contributed by atoms with Crippen molar-refractivity contribution in [1.82, 2.24) is 4.90 Å². The Labute approximate surface area is 122 Å². The molecule has 4 heteroatoms. The standard InChI is InChI=1S/C15H20BrNO2/c1-15(2)6-7-17(10-13(15)18)14(19)9-11-4-3-5-12(16)8-11/h3-5,8,13,18H,6-7,9-10H2,1-2H3. The van der Waals surface area contributed by atoms with Gasteiger partial charge in [0, 0.05) is 17.6 Å². The normalized spacial score (nSPS) is 22.3. The van der Waals surface area contributed by atoms with Gasteiger partial charge in [-0.25, -0.2) is 0 Å². The van der Waals surface area contributed by atoms with Crippen LogP contribution in [0.5, 0.6) is 0 Å². The highest BCUT2D eigenvalue weighted by molar-refractivity contribution is 9.10. The molecule has 1 aromatic carbocycles. The number of carbonyl (C=O) groups excluding carboxylic acids is 1. The van der Waals surface area contributed by atoms with Crippen LogP contribution in [-0.4, -0.2) is 35.1 Å². The molecule has 104 valence electrons. The maximum atomic E-state index is 12.2. The largest absolute Gasteiger partial charge is 0.391 e. The van der Waals surface area contributed by atoms with E-state index in [1.54, 1.807) is 4.90 Å². The van der Waals surface area contributed by atoms with Gasteiger partial charge in [0.1, 0.15) is 0 Å². The van der Waals surface area contributed by atoms with Gasteiger partial charge in [0.15, 0.2) is 0 Å². The quantitative estimate of drug-likeness (QED) is 0.908. The number of aliphatic hydroxyl groups is 1. The molecule has 1 fully saturated rings. The molecule has 19 heavy (non-hydrogen) atoms. The highest BCUT2D eigenvalue weighted by atomic mass is 79.9. The Morgan fingerprint density at radius 3 is 2.89 bits per heavy atom. The van der Waals surface area contributed by atoms with Gasteiger partial charge < -0.3 is 10.0 Å². The zero-order valence-electron chi connectivity index (χ0n) is 11.4. The molecule has 0 bridgehead atoms. The molecule has 1 atom stereocenters. The van der Waals surface area contributed by atoms with Crippen LogP contribution in [0.15, 0.2) is 28.7 Å². The van der Waals surface area contributed by atoms with Crippen molar-refractivity contribution in [3.8, 4) is 0 Å². The number of hydrogen-bond acceptors (Lipinski definition) is 2. The average molecular weight is 326 g/mol. The van der Waals surface area contributed by atoms with Crippen LogP contribution in [0.1, 0.15) is 25.8 Å². The summed E-state index contributed by atoms with van der Waals surface area (Å²) in [4.78, 5) is 14.0. The molecule has 1 amide bonds. The van der Waals surface area contributed by atoms with E-state index in [0.29, 0.717) is 13.0 Å². The maximum absolute atomic E-state index is 12.2. The molecule has 0 aliphatic carbocycles. The Hall–Kier alpha value is -0.870. The fourth-order valence-corrected chi connectivity index (χ4v) is 2.74. The second-order valence-electron chi connectivity index (χ2n) is 5.90. The van der Waals surface area contributed by atoms with Gasteiger partial charge in [0.25, 0.3) is 0 Å². The van der Waals surface area contributed by atoms with Gasteiger partial charge in [-0.2, -0.15) is 0 Å². The van der Waals surface area contributed by atoms with E-state index < -0.39 is 6.10 Å². The van der Waals surface area contributed by atoms with Gasteiger partial charge in [-0.3, -0.25) is 4.79 Å². The van der Waals surface area contributed by atoms with Gasteiger partial charge in [-0.1, -0.05) is 41.9 Å². The minimum atomic E-state index is -0.437. The second-order valence-corrected chi connectivity index (χ2v) is 6.82. The molecule has 1 saturated heterocycles. The van der Waals surface area contributed by atoms with E-state index in [1.807, 2.05) is 38.1 Å². The summed E-state index contributed by atoms with van der Waals surface area (Å²) in [6.07, 6.45) is 0.804. The Morgan fingerprint density at radius 2 is 2.26 bits per heavy atom. The van der Waals surface area contributed by atoms with Crippen molar-refractivity contribution in [2.75, 3.05) is 13.1 Å². The van der Waals surface area contributed by atoms with Crippen LogP contribution in [0.25, 0.3) is 0 Å². The summed E-state index contributed by atoms with van der Waals surface area (Å²) in [5, 5.41) is 10.1. The van der Waals surface area contributed by atoms with Crippen molar-refractivity contribution in [2.24, 2.45) is 5.41 Å². The highest BCUT2D eigenvalue weighted by Crippen LogP contribution is 2.30. The van der Waals surface area contributed by atoms with Gasteiger partial charge >= 0.3 is 0 Å². The van der Waals surface area contributed by atoms with Crippen LogP contribution in [0.3, 0.4) is 0 Å². The molecule has 0 aromatic heterocycles. The summed E-state index contributed by atoms with van der Waals surface area (Å²) >= 11 is 3.41. The molecule has 1 unspecified atom stereocenters. The molecule has 3 nitrogen and oxygen atoms in total. The lowest BCUT2D eigenvalue weighted by Crippen LogP contribution is -2.50. The first-order valence-corrected chi connectivity index (χ1v) is 7.38. The van der Waals surface area contributed by atoms with Crippen molar-refractivity contribution in [1.29, 1.82) is 0 Å². The summed E-state index contributed by atoms with van der Waals surface area (Å²) in [7, 11) is 0. The molecule has 0 saturated carbocycles. The van der Waals surface area contributed by atoms with E-state index in [1.165, 1.54) is 0 Å². The first kappa shape index (κ1) is 14.5. The molecule has 0 spiro atoms. The highest BCUT2D eigenvalue weighted by Gasteiger charge is 2.35. The number of hydrogen-bond donors (Lipinski definition) is 1. The van der Waals surface area contributed by atoms with E-state index in [9.17, 15) is 9.90 Å². The third-order valence-electron chi connectivity index (χ3n) is 3.92. The predicted molar refractivity (Wildman–Crippen MR) is 78.8 cm³/mol. The fraction of sp³-hybridized carbons (Fsp3) is 0.533. The lowest BCUT2D eigenvalue weighted by molar-refractivity contribution is -0.137. The Balaban J connectivity index is 1.98. The van der Waals surface area contributed by atoms with E-state index >= 15 is 0 Å². The van der Waals surface area contributed by atoms with Crippen LogP contribution in [-0.2, 0) is 11.2 Å². The Morgan fingerprint density at radius 1 is 1.53 bits per heavy atom. The number of benzene rings is 1. The number of likely N-dealkylation sites (tertiary alicyclic amines) is 1. The number of piperidine rings is 1. The smallest absolute Gasteiger partial charge is 0.227 e. The first-order chi connectivity index (χ1) is 8.88. The molecule has 0 radical (unpaired) electrons. The summed E-state index contributed by atoms with van der Waals surface area (Å²) in [6.45, 7) is 5.28. The number of rotatable bonds is 2. The maximum Gasteiger partial charge on any atom is 0.227 e. The molecule has 1 aliphatic heterocycles. The molecule has 1 N–H and O–H groups in total. The third-order valence-corrected chi connectivity index (χ3v) is 4.41. The van der Waals surface area contributed by atoms with E-state index in [0.717, 1.165) is 23.0 Å². The minimum absolute atomic E-state index is 0.0904. The van der Waals surface area contributed by atoms with Crippen molar-refractivity contribution >= 4 is 21.8 Å². The Bertz CT molecular complexity index is 473. The van der Waals surface area contributed by atoms with Gasteiger partial charge in [0.2, 0.25) is 5.91 Å². The first-order valence-electron chi connectivity index (χ1n) is 6.59. The predicted octanol–water partition coefficient (Wildman–Crippen LogP) is 2.61. The molecule has 1 heterocycles. The molecular weight excluding hydrogens is 306 g/mol. The fourth-order valence-electron chi connectivity index (χ4n) is 2.30. The molecule has 2 rings (SSSR count). The summed E-state index contributed by atoms with van der Waals surface area (Å²) < 4.78 is 0.984. The zero-order valence-corrected chi connectivity index (χ0v) is 13.0. The van der Waals surface area contributed by atoms with Gasteiger partial charge in [-0.05, 0) is 29.5 Å². The van der Waals surface area contributed by atoms with Crippen LogP contribution in [0.2, 0.25) is 0 Å². The SMILES string of the molecule is CC1(C)CCN(C(=O)Cc2cccc(Br)c2)CC1O. The molecular formula is C15H20BrNO2. The summed E-state index contributed by atoms with van der Waals surface area (Å²) in [5.41, 5.74) is 0.908. The number of halogens is 1. The van der Waals surface area contributed by atoms with Crippen LogP contribution >= 0.6 is 15.9 Å². The van der Waals surface area contributed by atoms with Crippen molar-refractivity contribution < 1.29 is 9.90 Å². The van der Waals surface area contributed by atoms with Crippen molar-refractivity contribution in [2.45, 2.75) is 32.8 Å². The van der Waals surface area contributed by atoms with Crippen LogP contribution in [0.4, 0.5) is 0 Å². The summed E-state index contributed by atoms with van der Waals surface area (Å²) in [5.74, 6) is 0.0904. The van der Waals surface area contributed by atoms with Crippen molar-refractivity contribution in [3.05, 3.63) is 34.3 Å². The molecule has 1 aromatic rings. The minimum Gasteiger partial charge on any atom is -0.391 e. The van der Waals surface area contributed by atoms with E-state index in [2.05, 4.69) is 15.9 Å². The number of nitrogens with zero attached hydrogens (tertiary/aromatic N) is 1. The topological polar surface area (TPSA) is 40.5 Å². The number of aliphatic hydroxyl groups excluding tert-OH is 1. The number of amides is 1. The lowest BCUT2D eigenvalue weighted by Gasteiger charge is -2.41. The van der Waals surface area contributed by atoms with Crippen LogP contribution < -0.4 is 0 Å². The Kier molecular flexibility index (Phi) is 4.31. The van der Waals surface area contributed by atoms with E-state index in [4.69, 9.17) is 0 Å². The second kappa shape index (κ2) is 5.63. The zero-order chi connectivity index (χ0) is 14.0. The average Bonchev–Trinajstić information content (AvgIpc) is 2.32. The number of carbonyl (C=O) groups is 1. The third kappa shape index (κ3) is 3.57. The lowest BCUT2D eigenvalue weighted by atomic mass is 9.80. The monoisotopic (exact) mass is 325 g/mol. The van der Waals surface area contributed by atoms with Gasteiger partial charge in [-0.15, -0.1) is 0 Å². The number of β-amino-alcohol motifs (C(OH)–C–C–N with tert-alkyl or cyclic N) is 1. The van der Waals surface area contributed by atoms with Gasteiger partial charge in [0.05, 0.1) is 12.5 Å². The van der Waals surface area contributed by atoms with Crippen molar-refractivity contribution in [3.63, 3.8) is 0 Å².